The zero-order valence-electron chi connectivity index (χ0n) is 26.5. The first-order chi connectivity index (χ1) is 23.0. The predicted octanol–water partition coefficient (Wildman–Crippen LogP) is 12.7. The van der Waals surface area contributed by atoms with Crippen LogP contribution in [0.3, 0.4) is 0 Å². The Kier molecular flexibility index (Phi) is 5.27. The summed E-state index contributed by atoms with van der Waals surface area (Å²) in [6, 6.07) is 48.0. The van der Waals surface area contributed by atoms with Crippen molar-refractivity contribution in [1.82, 2.24) is 0 Å². The lowest BCUT2D eigenvalue weighted by atomic mass is 9.82. The molecule has 3 nitrogen and oxygen atoms in total. The van der Waals surface area contributed by atoms with Gasteiger partial charge in [-0.3, -0.25) is 0 Å². The summed E-state index contributed by atoms with van der Waals surface area (Å²) in [6.07, 6.45) is 0. The standard InChI is InChI=1S/C44H31NO2/c1-26-11-10-18-41-42(26)35-25-38(31-13-4-5-15-33(31)43(35)47-41)45(27-20-22-40-34(23-27)32-14-7-9-17-39(32)46-40)28-19-21-30-29-12-6-8-16-36(29)44(2,3)37(30)24-28/h4-25H,1-3H3. The first kappa shape index (κ1) is 26.4. The number of hydrogen-bond donors (Lipinski definition) is 0. The van der Waals surface area contributed by atoms with Gasteiger partial charge in [0.15, 0.2) is 0 Å². The van der Waals surface area contributed by atoms with E-state index in [0.717, 1.165) is 71.7 Å². The van der Waals surface area contributed by atoms with E-state index in [2.05, 4.69) is 147 Å². The predicted molar refractivity (Wildman–Crippen MR) is 195 cm³/mol. The number of benzene rings is 7. The van der Waals surface area contributed by atoms with Crippen molar-refractivity contribution in [2.45, 2.75) is 26.2 Å². The van der Waals surface area contributed by atoms with Crippen LogP contribution >= 0.6 is 0 Å². The molecule has 7 aromatic carbocycles. The van der Waals surface area contributed by atoms with Crippen molar-refractivity contribution >= 4 is 71.7 Å². The quantitative estimate of drug-likeness (QED) is 0.201. The summed E-state index contributed by atoms with van der Waals surface area (Å²) < 4.78 is 12.9. The van der Waals surface area contributed by atoms with E-state index in [9.17, 15) is 0 Å². The van der Waals surface area contributed by atoms with Crippen molar-refractivity contribution in [2.24, 2.45) is 0 Å². The molecule has 1 aliphatic carbocycles. The number of rotatable bonds is 3. The number of para-hydroxylation sites is 1. The first-order valence-electron chi connectivity index (χ1n) is 16.3. The van der Waals surface area contributed by atoms with Crippen LogP contribution in [0.1, 0.15) is 30.5 Å². The van der Waals surface area contributed by atoms with Crippen molar-refractivity contribution in [1.29, 1.82) is 0 Å². The molecule has 0 saturated heterocycles. The average molecular weight is 606 g/mol. The highest BCUT2D eigenvalue weighted by Crippen LogP contribution is 2.52. The first-order valence-corrected chi connectivity index (χ1v) is 16.3. The van der Waals surface area contributed by atoms with Gasteiger partial charge in [-0.25, -0.2) is 0 Å². The molecule has 2 aromatic heterocycles. The summed E-state index contributed by atoms with van der Waals surface area (Å²) in [5.74, 6) is 0. The monoisotopic (exact) mass is 605 g/mol. The van der Waals surface area contributed by atoms with Gasteiger partial charge in [0, 0.05) is 49.1 Å². The van der Waals surface area contributed by atoms with Crippen LogP contribution in [0.5, 0.6) is 0 Å². The molecule has 224 valence electrons. The van der Waals surface area contributed by atoms with Crippen molar-refractivity contribution in [3.05, 3.63) is 150 Å². The molecule has 0 atom stereocenters. The molecule has 0 unspecified atom stereocenters. The largest absolute Gasteiger partial charge is 0.456 e. The zero-order valence-corrected chi connectivity index (χ0v) is 26.5. The van der Waals surface area contributed by atoms with Gasteiger partial charge in [-0.2, -0.15) is 0 Å². The smallest absolute Gasteiger partial charge is 0.143 e. The lowest BCUT2D eigenvalue weighted by molar-refractivity contribution is 0.660. The molecule has 0 saturated carbocycles. The fraction of sp³-hybridized carbons (Fsp3) is 0.0909. The number of fused-ring (bicyclic) bond motifs is 11. The van der Waals surface area contributed by atoms with E-state index < -0.39 is 0 Å². The number of anilines is 3. The summed E-state index contributed by atoms with van der Waals surface area (Å²) in [6.45, 7) is 6.86. The Morgan fingerprint density at radius 1 is 0.489 bits per heavy atom. The highest BCUT2D eigenvalue weighted by Gasteiger charge is 2.36. The molecule has 10 rings (SSSR count). The molecule has 47 heavy (non-hydrogen) atoms. The molecule has 3 heteroatoms. The van der Waals surface area contributed by atoms with Gasteiger partial charge in [-0.15, -0.1) is 0 Å². The molecule has 0 fully saturated rings. The van der Waals surface area contributed by atoms with E-state index in [1.807, 2.05) is 12.1 Å². The zero-order chi connectivity index (χ0) is 31.4. The normalized spacial score (nSPS) is 13.6. The number of furan rings is 2. The van der Waals surface area contributed by atoms with Crippen LogP contribution < -0.4 is 4.90 Å². The van der Waals surface area contributed by atoms with E-state index in [0.29, 0.717) is 0 Å². The second-order valence-corrected chi connectivity index (χ2v) is 13.4. The van der Waals surface area contributed by atoms with Crippen LogP contribution in [0.15, 0.2) is 142 Å². The highest BCUT2D eigenvalue weighted by atomic mass is 16.3. The second kappa shape index (κ2) is 9.37. The van der Waals surface area contributed by atoms with Gasteiger partial charge in [0.1, 0.15) is 22.3 Å². The molecule has 2 heterocycles. The maximum Gasteiger partial charge on any atom is 0.143 e. The summed E-state index contributed by atoms with van der Waals surface area (Å²) in [5.41, 5.74) is 13.4. The third-order valence-corrected chi connectivity index (χ3v) is 10.4. The van der Waals surface area contributed by atoms with Gasteiger partial charge >= 0.3 is 0 Å². The molecule has 1 aliphatic rings. The number of hydrogen-bond acceptors (Lipinski definition) is 3. The van der Waals surface area contributed by atoms with Crippen LogP contribution in [-0.4, -0.2) is 0 Å². The van der Waals surface area contributed by atoms with Gasteiger partial charge in [-0.1, -0.05) is 98.8 Å². The maximum absolute atomic E-state index is 6.58. The van der Waals surface area contributed by atoms with Crippen molar-refractivity contribution in [3.63, 3.8) is 0 Å². The van der Waals surface area contributed by atoms with Gasteiger partial charge in [0.25, 0.3) is 0 Å². The van der Waals surface area contributed by atoms with Crippen LogP contribution in [0.4, 0.5) is 17.1 Å². The second-order valence-electron chi connectivity index (χ2n) is 13.4. The summed E-state index contributed by atoms with van der Waals surface area (Å²) in [7, 11) is 0. The van der Waals surface area contributed by atoms with Crippen molar-refractivity contribution < 1.29 is 8.83 Å². The van der Waals surface area contributed by atoms with E-state index >= 15 is 0 Å². The van der Waals surface area contributed by atoms with Crippen molar-refractivity contribution in [3.8, 4) is 11.1 Å². The fourth-order valence-electron chi connectivity index (χ4n) is 8.10. The van der Waals surface area contributed by atoms with E-state index in [4.69, 9.17) is 8.83 Å². The number of nitrogens with zero attached hydrogens (tertiary/aromatic N) is 1. The molecular formula is C44H31NO2. The Morgan fingerprint density at radius 3 is 2.06 bits per heavy atom. The van der Waals surface area contributed by atoms with Crippen LogP contribution in [-0.2, 0) is 5.41 Å². The Bertz CT molecular complexity index is 2740. The van der Waals surface area contributed by atoms with Gasteiger partial charge in [0.05, 0.1) is 5.69 Å². The Hall–Kier alpha value is -5.80. The topological polar surface area (TPSA) is 29.5 Å². The Morgan fingerprint density at radius 2 is 1.17 bits per heavy atom. The highest BCUT2D eigenvalue weighted by molar-refractivity contribution is 6.20. The third kappa shape index (κ3) is 3.63. The lowest BCUT2D eigenvalue weighted by Gasteiger charge is -2.29. The van der Waals surface area contributed by atoms with Gasteiger partial charge in [0.2, 0.25) is 0 Å². The molecule has 0 radical (unpaired) electrons. The SMILES string of the molecule is Cc1cccc2oc3c4ccccc4c(N(c4ccc5c(c4)C(C)(C)c4ccccc4-5)c4ccc5oc6ccccc6c5c4)cc3c12. The lowest BCUT2D eigenvalue weighted by Crippen LogP contribution is -2.16. The van der Waals surface area contributed by atoms with Crippen molar-refractivity contribution in [2.75, 3.05) is 4.90 Å². The molecule has 9 aromatic rings. The molecular weight excluding hydrogens is 574 g/mol. The minimum atomic E-state index is -0.123. The molecule has 0 amide bonds. The van der Waals surface area contributed by atoms with Crippen LogP contribution in [0.2, 0.25) is 0 Å². The number of aryl methyl sites for hydroxylation is 1. The average Bonchev–Trinajstić information content (AvgIpc) is 3.74. The molecule has 0 bridgehead atoms. The van der Waals surface area contributed by atoms with E-state index in [-0.39, 0.29) is 5.41 Å². The Balaban J connectivity index is 1.30. The van der Waals surface area contributed by atoms with Gasteiger partial charge in [-0.05, 0) is 83.3 Å². The van der Waals surface area contributed by atoms with E-state index in [1.165, 1.54) is 27.8 Å². The summed E-state index contributed by atoms with van der Waals surface area (Å²) in [5, 5.41) is 6.75. The minimum Gasteiger partial charge on any atom is -0.456 e. The fourth-order valence-corrected chi connectivity index (χ4v) is 8.10. The summed E-state index contributed by atoms with van der Waals surface area (Å²) in [4.78, 5) is 2.43. The van der Waals surface area contributed by atoms with E-state index in [1.54, 1.807) is 0 Å². The van der Waals surface area contributed by atoms with Crippen LogP contribution in [0, 0.1) is 6.92 Å². The molecule has 0 aliphatic heterocycles. The third-order valence-electron chi connectivity index (χ3n) is 10.4. The Labute approximate surface area is 272 Å². The maximum atomic E-state index is 6.58. The van der Waals surface area contributed by atoms with Crippen LogP contribution in [0.25, 0.3) is 65.8 Å². The summed E-state index contributed by atoms with van der Waals surface area (Å²) >= 11 is 0. The molecule has 0 spiro atoms. The minimum absolute atomic E-state index is 0.123. The molecule has 0 N–H and O–H groups in total. The van der Waals surface area contributed by atoms with Gasteiger partial charge < -0.3 is 13.7 Å².